The molecule has 0 radical (unpaired) electrons. The second-order valence-electron chi connectivity index (χ2n) is 5.12. The van der Waals surface area contributed by atoms with Crippen molar-refractivity contribution in [2.24, 2.45) is 17.8 Å². The standard InChI is InChI=1S/C14H24Br2O3/c1-6-8(2)14(19-11(5)17)10(4)13(18)9(3)7-12(15)16/h7-10,13-14,18H,6H2,1-5H3/t8-,9+,10+,13-,14+/m0/s1. The third-order valence-electron chi connectivity index (χ3n) is 3.49. The van der Waals surface area contributed by atoms with E-state index in [2.05, 4.69) is 38.8 Å². The molecule has 0 rings (SSSR count). The SMILES string of the molecule is CC[C@H](C)[C@@H](OC(C)=O)[C@H](C)[C@@H](O)[C@H](C)C=C(Br)Br. The van der Waals surface area contributed by atoms with E-state index in [4.69, 9.17) is 4.74 Å². The Morgan fingerprint density at radius 3 is 2.21 bits per heavy atom. The van der Waals surface area contributed by atoms with Crippen molar-refractivity contribution in [1.82, 2.24) is 0 Å². The fourth-order valence-electron chi connectivity index (χ4n) is 2.14. The Bertz CT molecular complexity index is 314. The molecule has 0 aromatic heterocycles. The summed E-state index contributed by atoms with van der Waals surface area (Å²) < 4.78 is 6.21. The zero-order valence-corrected chi connectivity index (χ0v) is 15.4. The molecule has 0 unspecified atom stereocenters. The van der Waals surface area contributed by atoms with Gasteiger partial charge in [-0.05, 0) is 37.8 Å². The van der Waals surface area contributed by atoms with E-state index < -0.39 is 6.10 Å². The van der Waals surface area contributed by atoms with Gasteiger partial charge < -0.3 is 9.84 Å². The van der Waals surface area contributed by atoms with Crippen molar-refractivity contribution in [1.29, 1.82) is 0 Å². The zero-order valence-electron chi connectivity index (χ0n) is 12.2. The van der Waals surface area contributed by atoms with Gasteiger partial charge in [-0.15, -0.1) is 0 Å². The third-order valence-corrected chi connectivity index (χ3v) is 4.02. The van der Waals surface area contributed by atoms with Crippen LogP contribution in [0.15, 0.2) is 9.47 Å². The summed E-state index contributed by atoms with van der Waals surface area (Å²) in [6.07, 6.45) is 1.97. The molecule has 5 atom stereocenters. The first-order chi connectivity index (χ1) is 8.70. The van der Waals surface area contributed by atoms with E-state index in [1.807, 2.05) is 26.8 Å². The van der Waals surface area contributed by atoms with Gasteiger partial charge in [-0.2, -0.15) is 0 Å². The fourth-order valence-corrected chi connectivity index (χ4v) is 2.97. The minimum absolute atomic E-state index is 0.0362. The van der Waals surface area contributed by atoms with E-state index in [1.54, 1.807) is 0 Å². The second-order valence-corrected chi connectivity index (χ2v) is 7.90. The molecular weight excluding hydrogens is 376 g/mol. The molecule has 0 bridgehead atoms. The van der Waals surface area contributed by atoms with Crippen LogP contribution in [0.4, 0.5) is 0 Å². The average molecular weight is 400 g/mol. The van der Waals surface area contributed by atoms with E-state index in [0.29, 0.717) is 0 Å². The number of rotatable bonds is 7. The molecule has 0 amide bonds. The first-order valence-electron chi connectivity index (χ1n) is 6.58. The highest BCUT2D eigenvalue weighted by molar-refractivity contribution is 9.28. The Morgan fingerprint density at radius 2 is 1.84 bits per heavy atom. The summed E-state index contributed by atoms with van der Waals surface area (Å²) >= 11 is 6.59. The number of carbonyl (C=O) groups is 1. The largest absolute Gasteiger partial charge is 0.462 e. The highest BCUT2D eigenvalue weighted by Gasteiger charge is 2.32. The first kappa shape index (κ1) is 19.1. The summed E-state index contributed by atoms with van der Waals surface area (Å²) in [5.74, 6) is -0.235. The van der Waals surface area contributed by atoms with Crippen LogP contribution >= 0.6 is 31.9 Å². The van der Waals surface area contributed by atoms with Crippen LogP contribution in [-0.4, -0.2) is 23.3 Å². The van der Waals surface area contributed by atoms with Gasteiger partial charge >= 0.3 is 5.97 Å². The minimum Gasteiger partial charge on any atom is -0.462 e. The van der Waals surface area contributed by atoms with Crippen molar-refractivity contribution in [3.63, 3.8) is 0 Å². The van der Waals surface area contributed by atoms with Crippen molar-refractivity contribution in [2.75, 3.05) is 0 Å². The number of carbonyl (C=O) groups excluding carboxylic acids is 1. The summed E-state index contributed by atoms with van der Waals surface area (Å²) in [5, 5.41) is 10.4. The maximum atomic E-state index is 11.2. The van der Waals surface area contributed by atoms with Gasteiger partial charge in [0.25, 0.3) is 0 Å². The van der Waals surface area contributed by atoms with E-state index >= 15 is 0 Å². The molecule has 0 saturated carbocycles. The molecule has 0 aromatic rings. The molecule has 1 N–H and O–H groups in total. The summed E-state index contributed by atoms with van der Waals surface area (Å²) in [6.45, 7) is 9.37. The third kappa shape index (κ3) is 6.91. The summed E-state index contributed by atoms with van der Waals surface area (Å²) in [5.41, 5.74) is 0. The van der Waals surface area contributed by atoms with Crippen LogP contribution in [0.1, 0.15) is 41.0 Å². The molecule has 0 spiro atoms. The molecule has 3 nitrogen and oxygen atoms in total. The molecule has 0 aliphatic heterocycles. The number of aliphatic hydroxyl groups is 1. The quantitative estimate of drug-likeness (QED) is 0.651. The van der Waals surface area contributed by atoms with Gasteiger partial charge in [0, 0.05) is 18.8 Å². The molecule has 0 fully saturated rings. The number of aliphatic hydroxyl groups excluding tert-OH is 1. The predicted molar refractivity (Wildman–Crippen MR) is 85.3 cm³/mol. The molecule has 19 heavy (non-hydrogen) atoms. The molecule has 112 valence electrons. The highest BCUT2D eigenvalue weighted by atomic mass is 79.9. The monoisotopic (exact) mass is 398 g/mol. The molecule has 0 saturated heterocycles. The maximum Gasteiger partial charge on any atom is 0.302 e. The van der Waals surface area contributed by atoms with E-state index in [9.17, 15) is 9.90 Å². The Hall–Kier alpha value is 0.130. The smallest absolute Gasteiger partial charge is 0.302 e. The van der Waals surface area contributed by atoms with Crippen LogP contribution in [-0.2, 0) is 9.53 Å². The first-order valence-corrected chi connectivity index (χ1v) is 8.17. The summed E-state index contributed by atoms with van der Waals surface area (Å²) in [6, 6.07) is 0. The van der Waals surface area contributed by atoms with Crippen molar-refractivity contribution in [3.05, 3.63) is 9.47 Å². The van der Waals surface area contributed by atoms with Gasteiger partial charge in [-0.25, -0.2) is 0 Å². The Labute approximate surface area is 133 Å². The molecule has 5 heteroatoms. The molecule has 0 heterocycles. The Balaban J connectivity index is 4.91. The van der Waals surface area contributed by atoms with Crippen molar-refractivity contribution in [3.8, 4) is 0 Å². The van der Waals surface area contributed by atoms with Gasteiger partial charge in [0.15, 0.2) is 0 Å². The molecule has 0 aliphatic carbocycles. The molecular formula is C14H24Br2O3. The number of halogens is 2. The van der Waals surface area contributed by atoms with Crippen LogP contribution < -0.4 is 0 Å². The summed E-state index contributed by atoms with van der Waals surface area (Å²) in [4.78, 5) is 11.2. The van der Waals surface area contributed by atoms with Gasteiger partial charge in [0.1, 0.15) is 6.10 Å². The lowest BCUT2D eigenvalue weighted by Gasteiger charge is -2.33. The normalized spacial score (nSPS) is 18.9. The van der Waals surface area contributed by atoms with Crippen LogP contribution in [0.5, 0.6) is 0 Å². The molecule has 0 aromatic carbocycles. The van der Waals surface area contributed by atoms with Crippen LogP contribution in [0.3, 0.4) is 0 Å². The van der Waals surface area contributed by atoms with Crippen LogP contribution in [0, 0.1) is 17.8 Å². The van der Waals surface area contributed by atoms with Gasteiger partial charge in [0.05, 0.1) is 9.50 Å². The Kier molecular flexibility index (Phi) is 9.20. The predicted octanol–water partition coefficient (Wildman–Crippen LogP) is 4.23. The highest BCUT2D eigenvalue weighted by Crippen LogP contribution is 2.28. The second kappa shape index (κ2) is 9.14. The van der Waals surface area contributed by atoms with Gasteiger partial charge in [-0.3, -0.25) is 4.79 Å². The van der Waals surface area contributed by atoms with Gasteiger partial charge in [0.2, 0.25) is 0 Å². The topological polar surface area (TPSA) is 46.5 Å². The van der Waals surface area contributed by atoms with E-state index in [-0.39, 0.29) is 29.8 Å². The number of ether oxygens (including phenoxy) is 1. The minimum atomic E-state index is -0.566. The van der Waals surface area contributed by atoms with E-state index in [1.165, 1.54) is 6.92 Å². The fraction of sp³-hybridized carbons (Fsp3) is 0.786. The Morgan fingerprint density at radius 1 is 1.32 bits per heavy atom. The average Bonchev–Trinajstić information content (AvgIpc) is 2.32. The lowest BCUT2D eigenvalue weighted by molar-refractivity contribution is -0.155. The van der Waals surface area contributed by atoms with Crippen molar-refractivity contribution >= 4 is 37.8 Å². The number of hydrogen-bond acceptors (Lipinski definition) is 3. The summed E-state index contributed by atoms with van der Waals surface area (Å²) in [7, 11) is 0. The van der Waals surface area contributed by atoms with Crippen molar-refractivity contribution in [2.45, 2.75) is 53.2 Å². The van der Waals surface area contributed by atoms with E-state index in [0.717, 1.165) is 9.81 Å². The lowest BCUT2D eigenvalue weighted by Crippen LogP contribution is -2.39. The van der Waals surface area contributed by atoms with Crippen molar-refractivity contribution < 1.29 is 14.6 Å². The lowest BCUT2D eigenvalue weighted by atomic mass is 9.83. The van der Waals surface area contributed by atoms with Crippen LogP contribution in [0.2, 0.25) is 0 Å². The number of hydrogen-bond donors (Lipinski definition) is 1. The van der Waals surface area contributed by atoms with Gasteiger partial charge in [-0.1, -0.05) is 40.2 Å². The zero-order chi connectivity index (χ0) is 15.2. The number of esters is 1. The van der Waals surface area contributed by atoms with Crippen LogP contribution in [0.25, 0.3) is 0 Å². The maximum absolute atomic E-state index is 11.2. The molecule has 0 aliphatic rings.